The Morgan fingerprint density at radius 3 is 1.75 bits per heavy atom. The number of aliphatic carboxylic acids is 2. The van der Waals surface area contributed by atoms with Crippen molar-refractivity contribution in [1.82, 2.24) is 0 Å². The molecule has 5 heteroatoms. The molecule has 24 heavy (non-hydrogen) atoms. The predicted molar refractivity (Wildman–Crippen MR) is 91.1 cm³/mol. The third-order valence-electron chi connectivity index (χ3n) is 4.37. The van der Waals surface area contributed by atoms with Crippen molar-refractivity contribution in [1.29, 1.82) is 0 Å². The number of hydrogen-bond donors (Lipinski definition) is 0. The number of carbonyl (C=O) groups is 2. The van der Waals surface area contributed by atoms with Gasteiger partial charge < -0.3 is 19.8 Å². The van der Waals surface area contributed by atoms with Gasteiger partial charge in [-0.2, -0.15) is 0 Å². The van der Waals surface area contributed by atoms with Crippen molar-refractivity contribution in [2.75, 3.05) is 0 Å². The maximum absolute atomic E-state index is 11.6. The zero-order valence-corrected chi connectivity index (χ0v) is 16.0. The summed E-state index contributed by atoms with van der Waals surface area (Å²) in [6.45, 7) is 2.17. The summed E-state index contributed by atoms with van der Waals surface area (Å²) in [5.74, 6) is -3.18. The van der Waals surface area contributed by atoms with Crippen LogP contribution in [0.1, 0.15) is 70.3 Å². The van der Waals surface area contributed by atoms with E-state index >= 15 is 0 Å². The smallest absolute Gasteiger partial charge is 0.549 e. The Kier molecular flexibility index (Phi) is 11.8. The molecule has 0 aromatic heterocycles. The van der Waals surface area contributed by atoms with Crippen LogP contribution in [0.2, 0.25) is 0 Å². The van der Waals surface area contributed by atoms with Crippen molar-refractivity contribution >= 4 is 35.0 Å². The first-order chi connectivity index (χ1) is 11.1. The summed E-state index contributed by atoms with van der Waals surface area (Å²) >= 11 is 0. The third kappa shape index (κ3) is 6.44. The number of carboxylic acid groups (broad SMARTS) is 2. The van der Waals surface area contributed by atoms with Gasteiger partial charge in [-0.15, -0.1) is 0 Å². The maximum Gasteiger partial charge on any atom is 2.00 e. The van der Waals surface area contributed by atoms with Crippen LogP contribution in [0.25, 0.3) is 0 Å². The van der Waals surface area contributed by atoms with Gasteiger partial charge in [0.05, 0.1) is 17.4 Å². The van der Waals surface area contributed by atoms with E-state index in [1.807, 2.05) is 0 Å². The fraction of sp³-hybridized carbons (Fsp3) is 0.579. The minimum absolute atomic E-state index is 0. The summed E-state index contributed by atoms with van der Waals surface area (Å²) in [4.78, 5) is 23.1. The molecule has 1 aromatic rings. The molecule has 0 saturated carbocycles. The topological polar surface area (TPSA) is 80.3 Å². The SMILES string of the molecule is CCCCCCCCCCC(C(=O)[O-])(C(=O)[O-])c1ccccc1.[Mg+2]. The van der Waals surface area contributed by atoms with Crippen LogP contribution in [-0.2, 0) is 15.0 Å². The van der Waals surface area contributed by atoms with Crippen molar-refractivity contribution in [2.24, 2.45) is 0 Å². The molecule has 0 unspecified atom stereocenters. The van der Waals surface area contributed by atoms with Crippen LogP contribution in [-0.4, -0.2) is 35.0 Å². The minimum atomic E-state index is -2.05. The number of unbranched alkanes of at least 4 members (excludes halogenated alkanes) is 7. The summed E-state index contributed by atoms with van der Waals surface area (Å²) in [7, 11) is 0. The van der Waals surface area contributed by atoms with Gasteiger partial charge in [-0.05, 0) is 12.0 Å². The van der Waals surface area contributed by atoms with Crippen LogP contribution in [0.15, 0.2) is 30.3 Å². The predicted octanol–water partition coefficient (Wildman–Crippen LogP) is 1.57. The zero-order valence-electron chi connectivity index (χ0n) is 14.6. The van der Waals surface area contributed by atoms with E-state index in [0.717, 1.165) is 19.3 Å². The van der Waals surface area contributed by atoms with Crippen LogP contribution in [0, 0.1) is 0 Å². The zero-order chi connectivity index (χ0) is 17.1. The standard InChI is InChI=1S/C19H28O4.Mg/c1-2-3-4-5-6-7-8-12-15-19(17(20)21,18(22)23)16-13-10-9-11-14-16;/h9-11,13-14H,2-8,12,15H2,1H3,(H,20,21)(H,22,23);/q;+2/p-2. The molecule has 0 atom stereocenters. The molecule has 0 aliphatic carbocycles. The first-order valence-corrected chi connectivity index (χ1v) is 8.54. The van der Waals surface area contributed by atoms with Gasteiger partial charge in [0.2, 0.25) is 0 Å². The Labute approximate surface area is 160 Å². The van der Waals surface area contributed by atoms with E-state index < -0.39 is 17.4 Å². The summed E-state index contributed by atoms with van der Waals surface area (Å²) in [5, 5.41) is 23.1. The van der Waals surface area contributed by atoms with E-state index in [4.69, 9.17) is 0 Å². The van der Waals surface area contributed by atoms with E-state index in [2.05, 4.69) is 6.92 Å². The number of rotatable bonds is 12. The Balaban J connectivity index is 0.00000529. The van der Waals surface area contributed by atoms with Gasteiger partial charge in [0.25, 0.3) is 0 Å². The van der Waals surface area contributed by atoms with Crippen molar-refractivity contribution in [3.05, 3.63) is 35.9 Å². The molecule has 1 aromatic carbocycles. The van der Waals surface area contributed by atoms with E-state index in [1.54, 1.807) is 18.2 Å². The Bertz CT molecular complexity index is 473. The number of carbonyl (C=O) groups excluding carboxylic acids is 2. The van der Waals surface area contributed by atoms with Crippen molar-refractivity contribution in [3.63, 3.8) is 0 Å². The second-order valence-electron chi connectivity index (χ2n) is 6.07. The summed E-state index contributed by atoms with van der Waals surface area (Å²) in [6, 6.07) is 8.00. The van der Waals surface area contributed by atoms with Gasteiger partial charge in [-0.1, -0.05) is 88.6 Å². The molecule has 0 fully saturated rings. The molecule has 4 nitrogen and oxygen atoms in total. The average Bonchev–Trinajstić information content (AvgIpc) is 2.54. The number of benzene rings is 1. The molecule has 0 saturated heterocycles. The fourth-order valence-electron chi connectivity index (χ4n) is 2.91. The number of hydrogen-bond acceptors (Lipinski definition) is 4. The monoisotopic (exact) mass is 342 g/mol. The van der Waals surface area contributed by atoms with E-state index in [9.17, 15) is 19.8 Å². The molecule has 1 rings (SSSR count). The summed E-state index contributed by atoms with van der Waals surface area (Å²) < 4.78 is 0. The normalized spacial score (nSPS) is 10.9. The van der Waals surface area contributed by atoms with Crippen molar-refractivity contribution < 1.29 is 19.8 Å². The summed E-state index contributed by atoms with van der Waals surface area (Å²) in [5.41, 5.74) is -1.83. The summed E-state index contributed by atoms with van der Waals surface area (Å²) in [6.07, 6.45) is 8.32. The molecule has 0 radical (unpaired) electrons. The van der Waals surface area contributed by atoms with E-state index in [1.165, 1.54) is 37.8 Å². The van der Waals surface area contributed by atoms with Gasteiger partial charge in [-0.25, -0.2) is 0 Å². The van der Waals surface area contributed by atoms with Crippen molar-refractivity contribution in [2.45, 2.75) is 70.1 Å². The second-order valence-corrected chi connectivity index (χ2v) is 6.07. The van der Waals surface area contributed by atoms with Gasteiger partial charge in [0, 0.05) is 0 Å². The molecule has 0 N–H and O–H groups in total. The Morgan fingerprint density at radius 1 is 0.833 bits per heavy atom. The molecule has 0 amide bonds. The molecule has 0 aliphatic heterocycles. The van der Waals surface area contributed by atoms with Gasteiger partial charge in [-0.3, -0.25) is 0 Å². The second kappa shape index (κ2) is 12.3. The quantitative estimate of drug-likeness (QED) is 0.328. The largest absolute Gasteiger partial charge is 2.00 e. The minimum Gasteiger partial charge on any atom is -0.549 e. The van der Waals surface area contributed by atoms with Crippen LogP contribution >= 0.6 is 0 Å². The first-order valence-electron chi connectivity index (χ1n) is 8.54. The van der Waals surface area contributed by atoms with Gasteiger partial charge >= 0.3 is 23.1 Å². The van der Waals surface area contributed by atoms with Crippen LogP contribution < -0.4 is 10.2 Å². The van der Waals surface area contributed by atoms with Crippen LogP contribution in [0.5, 0.6) is 0 Å². The van der Waals surface area contributed by atoms with Gasteiger partial charge in [0.15, 0.2) is 0 Å². The van der Waals surface area contributed by atoms with Gasteiger partial charge in [0.1, 0.15) is 0 Å². The van der Waals surface area contributed by atoms with E-state index in [-0.39, 0.29) is 35.0 Å². The molecule has 0 spiro atoms. The Morgan fingerprint density at radius 2 is 1.29 bits per heavy atom. The van der Waals surface area contributed by atoms with Crippen molar-refractivity contribution in [3.8, 4) is 0 Å². The van der Waals surface area contributed by atoms with Crippen LogP contribution in [0.4, 0.5) is 0 Å². The molecular formula is C19H26MgO4. The molecule has 0 aliphatic rings. The third-order valence-corrected chi connectivity index (χ3v) is 4.37. The molecule has 0 bridgehead atoms. The fourth-order valence-corrected chi connectivity index (χ4v) is 2.91. The Hall–Kier alpha value is -1.07. The molecular weight excluding hydrogens is 317 g/mol. The average molecular weight is 343 g/mol. The van der Waals surface area contributed by atoms with Crippen LogP contribution in [0.3, 0.4) is 0 Å². The first kappa shape index (κ1) is 22.9. The van der Waals surface area contributed by atoms with E-state index in [0.29, 0.717) is 6.42 Å². The molecule has 128 valence electrons. The molecule has 0 heterocycles. The maximum atomic E-state index is 11.6. The number of carboxylic acids is 2.